The van der Waals surface area contributed by atoms with E-state index >= 15 is 0 Å². The summed E-state index contributed by atoms with van der Waals surface area (Å²) in [6.45, 7) is 7.13. The van der Waals surface area contributed by atoms with Crippen molar-refractivity contribution in [3.63, 3.8) is 0 Å². The molecule has 3 heteroatoms. The standard InChI is InChI=1S/C15H22ClNO/c1-12(2)17-10-15(7-8-18-11-15)9-13-3-5-14(16)6-4-13/h3-6,12,17H,7-11H2,1-2H3. The Morgan fingerprint density at radius 1 is 1.33 bits per heavy atom. The lowest BCUT2D eigenvalue weighted by atomic mass is 9.80. The first-order valence-corrected chi connectivity index (χ1v) is 7.03. The summed E-state index contributed by atoms with van der Waals surface area (Å²) in [5.41, 5.74) is 1.59. The molecule has 0 bridgehead atoms. The van der Waals surface area contributed by atoms with Crippen LogP contribution in [0.5, 0.6) is 0 Å². The molecule has 2 nitrogen and oxygen atoms in total. The van der Waals surface area contributed by atoms with Crippen molar-refractivity contribution in [3.05, 3.63) is 34.9 Å². The highest BCUT2D eigenvalue weighted by atomic mass is 35.5. The van der Waals surface area contributed by atoms with Crippen molar-refractivity contribution in [2.75, 3.05) is 19.8 Å². The second kappa shape index (κ2) is 6.05. The SMILES string of the molecule is CC(C)NCC1(Cc2ccc(Cl)cc2)CCOC1. The number of rotatable bonds is 5. The van der Waals surface area contributed by atoms with Crippen molar-refractivity contribution in [3.8, 4) is 0 Å². The third-order valence-electron chi connectivity index (χ3n) is 3.56. The highest BCUT2D eigenvalue weighted by Crippen LogP contribution is 2.32. The van der Waals surface area contributed by atoms with Gasteiger partial charge in [-0.25, -0.2) is 0 Å². The van der Waals surface area contributed by atoms with Crippen LogP contribution in [0.3, 0.4) is 0 Å². The zero-order chi connectivity index (χ0) is 13.0. The fraction of sp³-hybridized carbons (Fsp3) is 0.600. The van der Waals surface area contributed by atoms with E-state index in [1.807, 2.05) is 12.1 Å². The van der Waals surface area contributed by atoms with Gasteiger partial charge in [0.1, 0.15) is 0 Å². The van der Waals surface area contributed by atoms with E-state index in [1.54, 1.807) is 0 Å². The lowest BCUT2D eigenvalue weighted by Gasteiger charge is -2.29. The monoisotopic (exact) mass is 267 g/mol. The molecule has 0 aromatic heterocycles. The van der Waals surface area contributed by atoms with Gasteiger partial charge in [-0.2, -0.15) is 0 Å². The fourth-order valence-electron chi connectivity index (χ4n) is 2.45. The Balaban J connectivity index is 2.03. The van der Waals surface area contributed by atoms with E-state index in [0.717, 1.165) is 37.6 Å². The summed E-state index contributed by atoms with van der Waals surface area (Å²) in [5.74, 6) is 0. The molecule has 0 aliphatic carbocycles. The van der Waals surface area contributed by atoms with E-state index in [2.05, 4.69) is 31.3 Å². The molecule has 1 aliphatic rings. The second-order valence-electron chi connectivity index (χ2n) is 5.64. The van der Waals surface area contributed by atoms with E-state index in [4.69, 9.17) is 16.3 Å². The number of nitrogens with one attached hydrogen (secondary N) is 1. The van der Waals surface area contributed by atoms with E-state index in [-0.39, 0.29) is 5.41 Å². The van der Waals surface area contributed by atoms with Gasteiger partial charge < -0.3 is 10.1 Å². The lowest BCUT2D eigenvalue weighted by Crippen LogP contribution is -2.39. The first-order valence-electron chi connectivity index (χ1n) is 6.65. The molecule has 0 saturated carbocycles. The quantitative estimate of drug-likeness (QED) is 0.884. The molecule has 0 amide bonds. The first kappa shape index (κ1) is 13.9. The van der Waals surface area contributed by atoms with Crippen LogP contribution in [0.1, 0.15) is 25.8 Å². The van der Waals surface area contributed by atoms with Gasteiger partial charge in [-0.1, -0.05) is 37.6 Å². The van der Waals surface area contributed by atoms with Gasteiger partial charge in [-0.3, -0.25) is 0 Å². The summed E-state index contributed by atoms with van der Waals surface area (Å²) in [4.78, 5) is 0. The van der Waals surface area contributed by atoms with E-state index in [1.165, 1.54) is 5.56 Å². The number of benzene rings is 1. The molecule has 1 fully saturated rings. The molecular weight excluding hydrogens is 246 g/mol. The number of halogens is 1. The third kappa shape index (κ3) is 3.71. The van der Waals surface area contributed by atoms with Crippen LogP contribution in [0.4, 0.5) is 0 Å². The Kier molecular flexibility index (Phi) is 4.66. The molecule has 1 unspecified atom stereocenters. The summed E-state index contributed by atoms with van der Waals surface area (Å²) in [6, 6.07) is 8.70. The fourth-order valence-corrected chi connectivity index (χ4v) is 2.57. The minimum absolute atomic E-state index is 0.248. The zero-order valence-corrected chi connectivity index (χ0v) is 12.0. The van der Waals surface area contributed by atoms with E-state index in [9.17, 15) is 0 Å². The number of hydrogen-bond acceptors (Lipinski definition) is 2. The largest absolute Gasteiger partial charge is 0.381 e. The Labute approximate surface area is 115 Å². The summed E-state index contributed by atoms with van der Waals surface area (Å²) < 4.78 is 5.62. The molecule has 1 aliphatic heterocycles. The highest BCUT2D eigenvalue weighted by Gasteiger charge is 2.34. The van der Waals surface area contributed by atoms with Gasteiger partial charge >= 0.3 is 0 Å². The van der Waals surface area contributed by atoms with Crippen molar-refractivity contribution in [2.45, 2.75) is 32.7 Å². The molecule has 1 heterocycles. The molecule has 0 radical (unpaired) electrons. The molecule has 0 spiro atoms. The van der Waals surface area contributed by atoms with E-state index < -0.39 is 0 Å². The van der Waals surface area contributed by atoms with Crippen LogP contribution < -0.4 is 5.32 Å². The van der Waals surface area contributed by atoms with Crippen LogP contribution in [-0.4, -0.2) is 25.8 Å². The van der Waals surface area contributed by atoms with Gasteiger partial charge in [-0.05, 0) is 30.5 Å². The van der Waals surface area contributed by atoms with Crippen LogP contribution in [0.25, 0.3) is 0 Å². The number of hydrogen-bond donors (Lipinski definition) is 1. The van der Waals surface area contributed by atoms with Gasteiger partial charge in [0.2, 0.25) is 0 Å². The Bertz CT molecular complexity index is 369. The van der Waals surface area contributed by atoms with Gasteiger partial charge in [-0.15, -0.1) is 0 Å². The molecule has 1 aromatic carbocycles. The summed E-state index contributed by atoms with van der Waals surface area (Å²) in [6.07, 6.45) is 2.19. The van der Waals surface area contributed by atoms with Crippen molar-refractivity contribution in [1.29, 1.82) is 0 Å². The van der Waals surface area contributed by atoms with Crippen LogP contribution in [0.2, 0.25) is 5.02 Å². The van der Waals surface area contributed by atoms with Gasteiger partial charge in [0, 0.05) is 29.6 Å². The molecule has 2 rings (SSSR count). The minimum Gasteiger partial charge on any atom is -0.381 e. The van der Waals surface area contributed by atoms with Gasteiger partial charge in [0.25, 0.3) is 0 Å². The topological polar surface area (TPSA) is 21.3 Å². The predicted molar refractivity (Wildman–Crippen MR) is 76.2 cm³/mol. The molecule has 1 saturated heterocycles. The Morgan fingerprint density at radius 3 is 2.61 bits per heavy atom. The molecule has 100 valence electrons. The maximum absolute atomic E-state index is 5.93. The van der Waals surface area contributed by atoms with Crippen molar-refractivity contribution < 1.29 is 4.74 Å². The van der Waals surface area contributed by atoms with Crippen LogP contribution in [0, 0.1) is 5.41 Å². The predicted octanol–water partition coefficient (Wildman–Crippen LogP) is 3.29. The van der Waals surface area contributed by atoms with Gasteiger partial charge in [0.05, 0.1) is 6.61 Å². The zero-order valence-electron chi connectivity index (χ0n) is 11.2. The van der Waals surface area contributed by atoms with Crippen LogP contribution >= 0.6 is 11.6 Å². The van der Waals surface area contributed by atoms with Crippen molar-refractivity contribution in [1.82, 2.24) is 5.32 Å². The minimum atomic E-state index is 0.248. The van der Waals surface area contributed by atoms with E-state index in [0.29, 0.717) is 6.04 Å². The lowest BCUT2D eigenvalue weighted by molar-refractivity contribution is 0.148. The molecule has 18 heavy (non-hydrogen) atoms. The molecule has 1 N–H and O–H groups in total. The third-order valence-corrected chi connectivity index (χ3v) is 3.81. The average molecular weight is 268 g/mol. The highest BCUT2D eigenvalue weighted by molar-refractivity contribution is 6.30. The summed E-state index contributed by atoms with van der Waals surface area (Å²) >= 11 is 5.93. The normalized spacial score (nSPS) is 23.8. The number of ether oxygens (including phenoxy) is 1. The van der Waals surface area contributed by atoms with Crippen LogP contribution in [-0.2, 0) is 11.2 Å². The molecule has 1 atom stereocenters. The maximum atomic E-state index is 5.93. The maximum Gasteiger partial charge on any atom is 0.0538 e. The first-order chi connectivity index (χ1) is 8.60. The van der Waals surface area contributed by atoms with Gasteiger partial charge in [0.15, 0.2) is 0 Å². The van der Waals surface area contributed by atoms with Crippen molar-refractivity contribution in [2.24, 2.45) is 5.41 Å². The average Bonchev–Trinajstić information content (AvgIpc) is 2.79. The Morgan fingerprint density at radius 2 is 2.06 bits per heavy atom. The van der Waals surface area contributed by atoms with Crippen LogP contribution in [0.15, 0.2) is 24.3 Å². The smallest absolute Gasteiger partial charge is 0.0538 e. The molecular formula is C15H22ClNO. The van der Waals surface area contributed by atoms with Crippen molar-refractivity contribution >= 4 is 11.6 Å². The summed E-state index contributed by atoms with van der Waals surface area (Å²) in [5, 5.41) is 4.36. The molecule has 1 aromatic rings. The summed E-state index contributed by atoms with van der Waals surface area (Å²) in [7, 11) is 0. The second-order valence-corrected chi connectivity index (χ2v) is 6.08. The Hall–Kier alpha value is -0.570.